The minimum absolute atomic E-state index is 0.585. The van der Waals surface area contributed by atoms with Crippen LogP contribution in [0.4, 0.5) is 0 Å². The summed E-state index contributed by atoms with van der Waals surface area (Å²) in [5, 5.41) is 7.20. The van der Waals surface area contributed by atoms with E-state index < -0.39 is 0 Å². The predicted molar refractivity (Wildman–Crippen MR) is 234 cm³/mol. The highest BCUT2D eigenvalue weighted by molar-refractivity contribution is 6.19. The number of para-hydroxylation sites is 5. The molecule has 0 aliphatic carbocycles. The van der Waals surface area contributed by atoms with Gasteiger partial charge in [0.2, 0.25) is 5.95 Å². The molecule has 8 aromatic carbocycles. The molecule has 0 saturated carbocycles. The standard InChI is InChI=1S/C51H32N6/c1-3-15-33(16-4-1)49-52-50(54-51(53-49)57-45-25-13-7-19-37(45)38-20-8-14-26-46(38)57)34-27-29-36(30-28-34)56-44-24-12-10-22-40(44)42-31-47-41(32-48(42)56)39-21-9-11-23-43(39)55(47)35-17-5-2-6-18-35/h1-32H. The van der Waals surface area contributed by atoms with E-state index in [0.29, 0.717) is 17.6 Å². The van der Waals surface area contributed by atoms with Crippen molar-refractivity contribution >= 4 is 65.4 Å². The lowest BCUT2D eigenvalue weighted by molar-refractivity contribution is 0.953. The van der Waals surface area contributed by atoms with E-state index in [1.54, 1.807) is 0 Å². The zero-order valence-corrected chi connectivity index (χ0v) is 30.7. The van der Waals surface area contributed by atoms with Gasteiger partial charge in [-0.15, -0.1) is 0 Å². The Bertz CT molecular complexity index is 3450. The third-order valence-electron chi connectivity index (χ3n) is 11.3. The molecule has 0 aliphatic rings. The van der Waals surface area contributed by atoms with Gasteiger partial charge in [0, 0.05) is 54.8 Å². The van der Waals surface area contributed by atoms with Crippen molar-refractivity contribution in [1.82, 2.24) is 28.7 Å². The third-order valence-corrected chi connectivity index (χ3v) is 11.3. The zero-order valence-electron chi connectivity index (χ0n) is 30.7. The van der Waals surface area contributed by atoms with Crippen LogP contribution in [0.1, 0.15) is 0 Å². The van der Waals surface area contributed by atoms with Crippen LogP contribution in [0.25, 0.3) is 106 Å². The van der Waals surface area contributed by atoms with Gasteiger partial charge in [0.25, 0.3) is 0 Å². The van der Waals surface area contributed by atoms with Crippen LogP contribution in [0.15, 0.2) is 194 Å². The van der Waals surface area contributed by atoms with E-state index in [0.717, 1.165) is 55.3 Å². The molecule has 12 aromatic rings. The van der Waals surface area contributed by atoms with Crippen molar-refractivity contribution in [3.05, 3.63) is 194 Å². The largest absolute Gasteiger partial charge is 0.309 e. The van der Waals surface area contributed by atoms with Crippen LogP contribution in [-0.4, -0.2) is 28.7 Å². The lowest BCUT2D eigenvalue weighted by Crippen LogP contribution is -2.06. The summed E-state index contributed by atoms with van der Waals surface area (Å²) in [6, 6.07) is 68.5. The molecule has 4 aromatic heterocycles. The van der Waals surface area contributed by atoms with Gasteiger partial charge in [0.1, 0.15) is 0 Å². The molecule has 0 saturated heterocycles. The van der Waals surface area contributed by atoms with E-state index in [4.69, 9.17) is 15.0 Å². The van der Waals surface area contributed by atoms with Crippen molar-refractivity contribution in [3.8, 4) is 40.1 Å². The Morgan fingerprint density at radius 2 is 0.632 bits per heavy atom. The fraction of sp³-hybridized carbons (Fsp3) is 0. The molecule has 0 fully saturated rings. The van der Waals surface area contributed by atoms with Gasteiger partial charge in [-0.2, -0.15) is 9.97 Å². The summed E-state index contributed by atoms with van der Waals surface area (Å²) < 4.78 is 6.93. The first kappa shape index (κ1) is 31.5. The van der Waals surface area contributed by atoms with Crippen LogP contribution in [-0.2, 0) is 0 Å². The number of benzene rings is 8. The number of aromatic nitrogens is 6. The molecule has 0 amide bonds. The van der Waals surface area contributed by atoms with Crippen LogP contribution in [0.5, 0.6) is 0 Å². The Kier molecular flexibility index (Phi) is 6.83. The fourth-order valence-electron chi connectivity index (χ4n) is 8.77. The first-order chi connectivity index (χ1) is 28.3. The van der Waals surface area contributed by atoms with Gasteiger partial charge < -0.3 is 9.13 Å². The average Bonchev–Trinajstić information content (AvgIpc) is 3.91. The summed E-state index contributed by atoms with van der Waals surface area (Å²) >= 11 is 0. The summed E-state index contributed by atoms with van der Waals surface area (Å²) in [4.78, 5) is 15.4. The lowest BCUT2D eigenvalue weighted by atomic mass is 10.1. The summed E-state index contributed by atoms with van der Waals surface area (Å²) in [6.45, 7) is 0. The van der Waals surface area contributed by atoms with Gasteiger partial charge in [-0.1, -0.05) is 121 Å². The Morgan fingerprint density at radius 1 is 0.263 bits per heavy atom. The second kappa shape index (κ2) is 12.3. The Labute approximate surface area is 327 Å². The van der Waals surface area contributed by atoms with E-state index in [9.17, 15) is 0 Å². The molecular weight excluding hydrogens is 697 g/mol. The van der Waals surface area contributed by atoms with Gasteiger partial charge in [0.15, 0.2) is 11.6 Å². The van der Waals surface area contributed by atoms with Gasteiger partial charge in [0.05, 0.1) is 33.1 Å². The maximum atomic E-state index is 5.19. The predicted octanol–water partition coefficient (Wildman–Crippen LogP) is 12.5. The first-order valence-corrected chi connectivity index (χ1v) is 19.2. The van der Waals surface area contributed by atoms with Crippen molar-refractivity contribution in [1.29, 1.82) is 0 Å². The number of fused-ring (bicyclic) bond motifs is 9. The molecule has 6 heteroatoms. The van der Waals surface area contributed by atoms with E-state index in [1.807, 2.05) is 30.3 Å². The lowest BCUT2D eigenvalue weighted by Gasteiger charge is -2.12. The molecule has 0 radical (unpaired) electrons. The van der Waals surface area contributed by atoms with Crippen molar-refractivity contribution in [3.63, 3.8) is 0 Å². The van der Waals surface area contributed by atoms with E-state index in [-0.39, 0.29) is 0 Å². The van der Waals surface area contributed by atoms with Crippen LogP contribution >= 0.6 is 0 Å². The molecule has 6 nitrogen and oxygen atoms in total. The Morgan fingerprint density at radius 3 is 1.12 bits per heavy atom. The van der Waals surface area contributed by atoms with Crippen LogP contribution in [0, 0.1) is 0 Å². The molecule has 0 unspecified atom stereocenters. The van der Waals surface area contributed by atoms with Crippen molar-refractivity contribution in [2.45, 2.75) is 0 Å². The van der Waals surface area contributed by atoms with Gasteiger partial charge in [-0.3, -0.25) is 4.57 Å². The molecule has 0 bridgehead atoms. The SMILES string of the molecule is c1ccc(-c2nc(-c3ccc(-n4c5ccccc5c5cc6c(cc54)c4ccccc4n6-c4ccccc4)cc3)nc(-n3c4ccccc4c4ccccc43)n2)cc1. The molecule has 0 spiro atoms. The van der Waals surface area contributed by atoms with E-state index in [1.165, 1.54) is 32.6 Å². The number of rotatable bonds is 5. The van der Waals surface area contributed by atoms with Crippen molar-refractivity contribution in [2.24, 2.45) is 0 Å². The van der Waals surface area contributed by atoms with Gasteiger partial charge in [-0.05, 0) is 72.8 Å². The molecule has 4 heterocycles. The quantitative estimate of drug-likeness (QED) is 0.177. The van der Waals surface area contributed by atoms with Crippen LogP contribution < -0.4 is 0 Å². The fourth-order valence-corrected chi connectivity index (χ4v) is 8.77. The normalized spacial score (nSPS) is 11.9. The summed E-state index contributed by atoms with van der Waals surface area (Å²) in [6.07, 6.45) is 0. The van der Waals surface area contributed by atoms with Crippen molar-refractivity contribution < 1.29 is 0 Å². The second-order valence-corrected chi connectivity index (χ2v) is 14.5. The second-order valence-electron chi connectivity index (χ2n) is 14.5. The zero-order chi connectivity index (χ0) is 37.5. The minimum atomic E-state index is 0.585. The maximum absolute atomic E-state index is 5.19. The maximum Gasteiger partial charge on any atom is 0.238 e. The Balaban J connectivity index is 1.05. The monoisotopic (exact) mass is 728 g/mol. The highest BCUT2D eigenvalue weighted by Crippen LogP contribution is 2.40. The average molecular weight is 729 g/mol. The molecule has 0 aliphatic heterocycles. The molecule has 12 rings (SSSR count). The smallest absolute Gasteiger partial charge is 0.238 e. The molecule has 0 N–H and O–H groups in total. The topological polar surface area (TPSA) is 53.5 Å². The number of hydrogen-bond acceptors (Lipinski definition) is 3. The number of hydrogen-bond donors (Lipinski definition) is 0. The minimum Gasteiger partial charge on any atom is -0.309 e. The van der Waals surface area contributed by atoms with E-state index >= 15 is 0 Å². The first-order valence-electron chi connectivity index (χ1n) is 19.2. The number of nitrogens with zero attached hydrogens (tertiary/aromatic N) is 6. The molecule has 57 heavy (non-hydrogen) atoms. The Hall–Kier alpha value is -7.83. The van der Waals surface area contributed by atoms with Crippen molar-refractivity contribution in [2.75, 3.05) is 0 Å². The third kappa shape index (κ3) is 4.81. The summed E-state index contributed by atoms with van der Waals surface area (Å²) in [7, 11) is 0. The molecule has 266 valence electrons. The van der Waals surface area contributed by atoms with E-state index in [2.05, 4.69) is 177 Å². The van der Waals surface area contributed by atoms with Crippen LogP contribution in [0.3, 0.4) is 0 Å². The van der Waals surface area contributed by atoms with Gasteiger partial charge in [-0.25, -0.2) is 4.98 Å². The molecular formula is C51H32N6. The van der Waals surface area contributed by atoms with Crippen LogP contribution in [0.2, 0.25) is 0 Å². The molecule has 0 atom stereocenters. The van der Waals surface area contributed by atoms with Gasteiger partial charge >= 0.3 is 0 Å². The summed E-state index contributed by atoms with van der Waals surface area (Å²) in [5.74, 6) is 1.83. The summed E-state index contributed by atoms with van der Waals surface area (Å²) in [5.41, 5.74) is 10.9. The highest BCUT2D eigenvalue weighted by Gasteiger charge is 2.20. The highest BCUT2D eigenvalue weighted by atomic mass is 15.2.